The Kier molecular flexibility index (Phi) is 3.21. The first-order valence-electron chi connectivity index (χ1n) is 7.46. The minimum absolute atomic E-state index is 0.0119. The van der Waals surface area contributed by atoms with Crippen molar-refractivity contribution in [3.8, 4) is 5.75 Å². The third-order valence-corrected chi connectivity index (χ3v) is 5.16. The lowest BCUT2D eigenvalue weighted by atomic mass is 9.94. The molecule has 21 heavy (non-hydrogen) atoms. The molecule has 114 valence electrons. The average Bonchev–Trinajstić information content (AvgIpc) is 3.00. The van der Waals surface area contributed by atoms with Gasteiger partial charge in [-0.15, -0.1) is 0 Å². The Morgan fingerprint density at radius 2 is 2.10 bits per heavy atom. The molecule has 0 amide bonds. The highest BCUT2D eigenvalue weighted by molar-refractivity contribution is 6.54. The monoisotopic (exact) mass is 311 g/mol. The Balaban J connectivity index is 1.45. The molecule has 3 saturated heterocycles. The molecular weight excluding hydrogens is 292 g/mol. The van der Waals surface area contributed by atoms with Gasteiger partial charge in [0.1, 0.15) is 18.5 Å². The van der Waals surface area contributed by atoms with E-state index in [2.05, 4.69) is 0 Å². The number of rotatable bonds is 3. The number of quaternary nitrogens is 1. The van der Waals surface area contributed by atoms with Crippen molar-refractivity contribution in [2.45, 2.75) is 13.0 Å². The highest BCUT2D eigenvalue weighted by Crippen LogP contribution is 2.41. The summed E-state index contributed by atoms with van der Waals surface area (Å²) in [6.45, 7) is 5.17. The van der Waals surface area contributed by atoms with Crippen LogP contribution in [-0.2, 0) is 14.0 Å². The van der Waals surface area contributed by atoms with Crippen LogP contribution in [0.1, 0.15) is 5.56 Å². The van der Waals surface area contributed by atoms with E-state index in [1.54, 1.807) is 0 Å². The van der Waals surface area contributed by atoms with E-state index in [9.17, 15) is 0 Å². The van der Waals surface area contributed by atoms with Crippen molar-refractivity contribution >= 4 is 18.5 Å². The lowest BCUT2D eigenvalue weighted by molar-refractivity contribution is -0.816. The molecule has 0 radical (unpaired) electrons. The molecule has 0 unspecified atom stereocenters. The maximum Gasteiger partial charge on any atom is 0.625 e. The number of hydrogen-bond donors (Lipinski definition) is 0. The van der Waals surface area contributed by atoms with E-state index in [4.69, 9.17) is 30.3 Å². The minimum atomic E-state index is -1.60. The topological polar surface area (TPSA) is 36.9 Å². The fourth-order valence-electron chi connectivity index (χ4n) is 3.77. The van der Waals surface area contributed by atoms with Gasteiger partial charge in [0.25, 0.3) is 0 Å². The largest absolute Gasteiger partial charge is 0.625 e. The van der Waals surface area contributed by atoms with E-state index < -0.39 is 6.89 Å². The third-order valence-electron chi connectivity index (χ3n) is 4.84. The van der Waals surface area contributed by atoms with Crippen molar-refractivity contribution in [3.05, 3.63) is 28.8 Å². The average molecular weight is 312 g/mol. The number of halogens is 1. The molecule has 7 heteroatoms. The van der Waals surface area contributed by atoms with Crippen molar-refractivity contribution in [1.29, 1.82) is 0 Å². The van der Waals surface area contributed by atoms with Crippen LogP contribution in [0, 0.1) is 6.92 Å². The lowest BCUT2D eigenvalue weighted by Crippen LogP contribution is -2.59. The summed E-state index contributed by atoms with van der Waals surface area (Å²) in [5, 5.41) is 0.628. The zero-order chi connectivity index (χ0) is 14.5. The fourth-order valence-corrected chi connectivity index (χ4v) is 3.94. The summed E-state index contributed by atoms with van der Waals surface area (Å²) in [6.07, 6.45) is -0.0119. The second-order valence-corrected chi connectivity index (χ2v) is 6.60. The molecule has 0 bridgehead atoms. The Hall–Kier alpha value is -0.785. The summed E-state index contributed by atoms with van der Waals surface area (Å²) in [5.41, 5.74) is 1.12. The molecule has 0 N–H and O–H groups in total. The molecule has 0 saturated carbocycles. The predicted octanol–water partition coefficient (Wildman–Crippen LogP) is 1.74. The molecule has 0 aromatic heterocycles. The summed E-state index contributed by atoms with van der Waals surface area (Å²) < 4.78 is 24.4. The van der Waals surface area contributed by atoms with Crippen LogP contribution < -0.4 is 4.74 Å². The van der Waals surface area contributed by atoms with Gasteiger partial charge in [0.2, 0.25) is 0 Å². The van der Waals surface area contributed by atoms with Gasteiger partial charge in [-0.05, 0) is 24.6 Å². The first kappa shape index (κ1) is 13.8. The van der Waals surface area contributed by atoms with Crippen LogP contribution in [-0.4, -0.2) is 56.8 Å². The van der Waals surface area contributed by atoms with Crippen molar-refractivity contribution in [3.63, 3.8) is 0 Å². The van der Waals surface area contributed by atoms with Gasteiger partial charge in [-0.25, -0.2) is 0 Å². The maximum atomic E-state index is 6.16. The molecule has 1 aromatic carbocycles. The van der Waals surface area contributed by atoms with Gasteiger partial charge in [-0.1, -0.05) is 17.7 Å². The van der Waals surface area contributed by atoms with E-state index in [1.807, 2.05) is 25.1 Å². The van der Waals surface area contributed by atoms with Crippen LogP contribution in [0.4, 0.5) is 0 Å². The van der Waals surface area contributed by atoms with E-state index >= 15 is 0 Å². The zero-order valence-corrected chi connectivity index (χ0v) is 12.8. The molecule has 3 heterocycles. The molecule has 3 fully saturated rings. The molecule has 3 aliphatic rings. The quantitative estimate of drug-likeness (QED) is 0.797. The summed E-state index contributed by atoms with van der Waals surface area (Å²) in [5.74, 6) is 0.708. The number of ether oxygens (including phenoxy) is 1. The summed E-state index contributed by atoms with van der Waals surface area (Å²) in [6, 6.07) is 5.77. The number of aryl methyl sites for hydroxylation is 1. The van der Waals surface area contributed by atoms with Crippen LogP contribution in [0.3, 0.4) is 0 Å². The van der Waals surface area contributed by atoms with E-state index in [-0.39, 0.29) is 6.10 Å². The molecule has 0 aliphatic carbocycles. The van der Waals surface area contributed by atoms with Gasteiger partial charge < -0.3 is 23.1 Å². The molecule has 0 spiro atoms. The van der Waals surface area contributed by atoms with Gasteiger partial charge in [0.15, 0.2) is 0 Å². The summed E-state index contributed by atoms with van der Waals surface area (Å²) >= 11 is 6.16. The third kappa shape index (κ3) is 2.09. The molecular formula is C14H19BClNO4. The summed E-state index contributed by atoms with van der Waals surface area (Å²) in [7, 11) is 0. The van der Waals surface area contributed by atoms with E-state index in [0.29, 0.717) is 17.4 Å². The van der Waals surface area contributed by atoms with Crippen LogP contribution >= 0.6 is 11.6 Å². The predicted molar refractivity (Wildman–Crippen MR) is 79.1 cm³/mol. The molecule has 1 aromatic rings. The van der Waals surface area contributed by atoms with Gasteiger partial charge >= 0.3 is 6.89 Å². The van der Waals surface area contributed by atoms with Gasteiger partial charge in [0.05, 0.1) is 37.9 Å². The fraction of sp³-hybridized carbons (Fsp3) is 0.571. The van der Waals surface area contributed by atoms with Gasteiger partial charge in [-0.3, -0.25) is 0 Å². The van der Waals surface area contributed by atoms with E-state index in [1.165, 1.54) is 0 Å². The zero-order valence-electron chi connectivity index (χ0n) is 12.1. The van der Waals surface area contributed by atoms with Crippen molar-refractivity contribution < 1.29 is 23.1 Å². The van der Waals surface area contributed by atoms with Gasteiger partial charge in [0, 0.05) is 0 Å². The molecule has 5 nitrogen and oxygen atoms in total. The number of hydrogen-bond acceptors (Lipinski definition) is 4. The van der Waals surface area contributed by atoms with Crippen LogP contribution in [0.25, 0.3) is 0 Å². The number of benzene rings is 1. The minimum Gasteiger partial charge on any atom is -0.489 e. The maximum absolute atomic E-state index is 6.16. The standard InChI is InChI=1S/C14H19BClNO4/c1-11-2-3-13(16)14(8-11)18-10-12-9-17-4-6-19-15(17,21-12)20-7-5-17/h2-3,8,12H,4-7,9-10H2,1H3/t12-,15?,17?/m0/s1. The lowest BCUT2D eigenvalue weighted by Gasteiger charge is -2.37. The Morgan fingerprint density at radius 1 is 1.33 bits per heavy atom. The van der Waals surface area contributed by atoms with Crippen molar-refractivity contribution in [2.24, 2.45) is 0 Å². The van der Waals surface area contributed by atoms with E-state index in [0.717, 1.165) is 42.8 Å². The van der Waals surface area contributed by atoms with Crippen LogP contribution in [0.15, 0.2) is 18.2 Å². The first-order valence-corrected chi connectivity index (χ1v) is 7.84. The SMILES string of the molecule is Cc1ccc(Cl)c(OC[C@@H]2C[N+]34CCO[B-]3(OCC4)O2)c1. The Bertz CT molecular complexity index is 540. The highest BCUT2D eigenvalue weighted by atomic mass is 35.5. The second-order valence-electron chi connectivity index (χ2n) is 6.20. The number of nitrogens with zero attached hydrogens (tertiary/aromatic N) is 1. The molecule has 4 rings (SSSR count). The first-order chi connectivity index (χ1) is 10.1. The van der Waals surface area contributed by atoms with Gasteiger partial charge in [-0.2, -0.15) is 0 Å². The van der Waals surface area contributed by atoms with Crippen LogP contribution in [0.2, 0.25) is 5.02 Å². The van der Waals surface area contributed by atoms with Crippen molar-refractivity contribution in [2.75, 3.05) is 39.5 Å². The van der Waals surface area contributed by atoms with Crippen molar-refractivity contribution in [1.82, 2.24) is 0 Å². The molecule has 1 atom stereocenters. The molecule has 3 aliphatic heterocycles. The smallest absolute Gasteiger partial charge is 0.489 e. The highest BCUT2D eigenvalue weighted by Gasteiger charge is 2.66. The normalized spacial score (nSPS) is 37.5. The Labute approximate surface area is 129 Å². The summed E-state index contributed by atoms with van der Waals surface area (Å²) in [4.78, 5) is 0. The Morgan fingerprint density at radius 3 is 2.81 bits per heavy atom. The van der Waals surface area contributed by atoms with Crippen LogP contribution in [0.5, 0.6) is 5.75 Å². The second kappa shape index (κ2) is 4.86.